The maximum atomic E-state index is 12.6. The molecule has 1 aliphatic rings. The first kappa shape index (κ1) is 24.3. The number of aliphatic hydroxyl groups is 1. The lowest BCUT2D eigenvalue weighted by atomic mass is 9.98. The van der Waals surface area contributed by atoms with Crippen molar-refractivity contribution < 1.29 is 29.3 Å². The Hall–Kier alpha value is -3.39. The molecule has 0 aliphatic heterocycles. The Morgan fingerprint density at radius 3 is 2.00 bits per heavy atom. The lowest BCUT2D eigenvalue weighted by Gasteiger charge is -2.22. The molecule has 1 unspecified atom stereocenters. The van der Waals surface area contributed by atoms with Gasteiger partial charge in [0, 0.05) is 5.92 Å². The number of aliphatic carboxylic acids is 1. The van der Waals surface area contributed by atoms with Crippen LogP contribution in [0.15, 0.2) is 48.5 Å². The third-order valence-corrected chi connectivity index (χ3v) is 5.78. The molecule has 0 radical (unpaired) electrons. The zero-order valence-corrected chi connectivity index (χ0v) is 18.8. The highest BCUT2D eigenvalue weighted by molar-refractivity contribution is 5.89. The van der Waals surface area contributed by atoms with Crippen molar-refractivity contribution in [3.05, 3.63) is 59.7 Å². The van der Waals surface area contributed by atoms with E-state index in [9.17, 15) is 19.5 Å². The molecule has 4 N–H and O–H groups in total. The van der Waals surface area contributed by atoms with Gasteiger partial charge in [-0.3, -0.25) is 4.79 Å². The monoisotopic (exact) mass is 454 g/mol. The number of carboxylic acids is 1. The van der Waals surface area contributed by atoms with Gasteiger partial charge in [-0.2, -0.15) is 0 Å². The Balaban J connectivity index is 1.66. The first-order chi connectivity index (χ1) is 15.8. The van der Waals surface area contributed by atoms with Crippen molar-refractivity contribution >= 4 is 18.0 Å². The number of nitrogens with one attached hydrogen (secondary N) is 2. The number of hydrogen-bond donors (Lipinski definition) is 4. The van der Waals surface area contributed by atoms with E-state index in [1.54, 1.807) is 0 Å². The summed E-state index contributed by atoms with van der Waals surface area (Å²) in [6, 6.07) is 13.5. The molecule has 2 aromatic carbocycles. The van der Waals surface area contributed by atoms with Crippen molar-refractivity contribution in [3.63, 3.8) is 0 Å². The van der Waals surface area contributed by atoms with Gasteiger partial charge >= 0.3 is 12.1 Å². The minimum Gasteiger partial charge on any atom is -0.480 e. The lowest BCUT2D eigenvalue weighted by Crippen LogP contribution is -2.52. The van der Waals surface area contributed by atoms with Crippen LogP contribution in [0.25, 0.3) is 11.1 Å². The molecular formula is C25H30N2O6. The summed E-state index contributed by atoms with van der Waals surface area (Å²) in [4.78, 5) is 36.3. The first-order valence-corrected chi connectivity index (χ1v) is 11.1. The van der Waals surface area contributed by atoms with E-state index in [4.69, 9.17) is 9.84 Å². The molecule has 33 heavy (non-hydrogen) atoms. The molecule has 8 nitrogen and oxygen atoms in total. The number of carboxylic acid groups (broad SMARTS) is 1. The molecule has 2 atom stereocenters. The van der Waals surface area contributed by atoms with Crippen LogP contribution in [-0.2, 0) is 14.3 Å². The van der Waals surface area contributed by atoms with E-state index in [0.717, 1.165) is 22.3 Å². The molecule has 0 saturated heterocycles. The largest absolute Gasteiger partial charge is 0.480 e. The van der Waals surface area contributed by atoms with Crippen LogP contribution in [0, 0.1) is 5.92 Å². The third-order valence-electron chi connectivity index (χ3n) is 5.78. The maximum Gasteiger partial charge on any atom is 0.407 e. The Bertz CT molecular complexity index is 960. The van der Waals surface area contributed by atoms with E-state index in [0.29, 0.717) is 12.8 Å². The summed E-state index contributed by atoms with van der Waals surface area (Å²) in [6.07, 6.45) is 0.195. The topological polar surface area (TPSA) is 125 Å². The van der Waals surface area contributed by atoms with Gasteiger partial charge in [0.05, 0.1) is 6.61 Å². The predicted molar refractivity (Wildman–Crippen MR) is 123 cm³/mol. The standard InChI is InChI=1S/C25H30N2O6/c1-15(2)11-12-21(23(29)26-22(13-28)24(30)31)27-25(32)33-14-20-18-9-5-3-7-16(18)17-8-4-6-10-19(17)20/h3-10,15,20-22,28H,11-14H2,1-2H3,(H,26,29)(H,27,32)(H,30,31)/t21?,22-/m0/s1. The fraction of sp³-hybridized carbons (Fsp3) is 0.400. The number of alkyl carbamates (subject to hydrolysis) is 1. The van der Waals surface area contributed by atoms with Crippen molar-refractivity contribution in [2.45, 2.75) is 44.7 Å². The average Bonchev–Trinajstić information content (AvgIpc) is 3.12. The van der Waals surface area contributed by atoms with Gasteiger partial charge < -0.3 is 25.6 Å². The molecule has 0 aromatic heterocycles. The summed E-state index contributed by atoms with van der Waals surface area (Å²) >= 11 is 0. The zero-order chi connectivity index (χ0) is 24.0. The van der Waals surface area contributed by atoms with Crippen LogP contribution in [0.3, 0.4) is 0 Å². The van der Waals surface area contributed by atoms with Crippen molar-refractivity contribution in [1.29, 1.82) is 0 Å². The van der Waals surface area contributed by atoms with Gasteiger partial charge in [-0.15, -0.1) is 0 Å². The molecular weight excluding hydrogens is 424 g/mol. The number of aliphatic hydroxyl groups excluding tert-OH is 1. The van der Waals surface area contributed by atoms with Crippen molar-refractivity contribution in [1.82, 2.24) is 10.6 Å². The predicted octanol–water partition coefficient (Wildman–Crippen LogP) is 2.89. The fourth-order valence-corrected chi connectivity index (χ4v) is 4.01. The van der Waals surface area contributed by atoms with Gasteiger partial charge in [-0.1, -0.05) is 62.4 Å². The second-order valence-electron chi connectivity index (χ2n) is 8.58. The summed E-state index contributed by atoms with van der Waals surface area (Å²) < 4.78 is 5.51. The first-order valence-electron chi connectivity index (χ1n) is 11.1. The smallest absolute Gasteiger partial charge is 0.407 e. The van der Waals surface area contributed by atoms with E-state index >= 15 is 0 Å². The Labute approximate surface area is 193 Å². The summed E-state index contributed by atoms with van der Waals surface area (Å²) in [7, 11) is 0. The number of carbonyl (C=O) groups excluding carboxylic acids is 2. The Morgan fingerprint density at radius 2 is 1.48 bits per heavy atom. The molecule has 0 heterocycles. The van der Waals surface area contributed by atoms with Crippen LogP contribution >= 0.6 is 0 Å². The van der Waals surface area contributed by atoms with Crippen LogP contribution in [0.5, 0.6) is 0 Å². The number of ether oxygens (including phenoxy) is 1. The minimum absolute atomic E-state index is 0.104. The van der Waals surface area contributed by atoms with Crippen LogP contribution < -0.4 is 10.6 Å². The van der Waals surface area contributed by atoms with Crippen LogP contribution in [0.1, 0.15) is 43.7 Å². The average molecular weight is 455 g/mol. The molecule has 2 aromatic rings. The number of benzene rings is 2. The van der Waals surface area contributed by atoms with E-state index < -0.39 is 36.7 Å². The number of hydrogen-bond acceptors (Lipinski definition) is 5. The zero-order valence-electron chi connectivity index (χ0n) is 18.8. The van der Waals surface area contributed by atoms with Gasteiger partial charge in [0.2, 0.25) is 5.91 Å². The molecule has 176 valence electrons. The van der Waals surface area contributed by atoms with Gasteiger partial charge in [0.1, 0.15) is 18.7 Å². The van der Waals surface area contributed by atoms with Crippen LogP contribution in [0.2, 0.25) is 0 Å². The highest BCUT2D eigenvalue weighted by Crippen LogP contribution is 2.44. The summed E-state index contributed by atoms with van der Waals surface area (Å²) in [5.41, 5.74) is 4.38. The summed E-state index contributed by atoms with van der Waals surface area (Å²) in [6.45, 7) is 3.32. The number of amides is 2. The normalized spacial score (nSPS) is 14.2. The number of fused-ring (bicyclic) bond motifs is 3. The maximum absolute atomic E-state index is 12.6. The molecule has 0 bridgehead atoms. The molecule has 0 fully saturated rings. The van der Waals surface area contributed by atoms with Crippen molar-refractivity contribution in [2.75, 3.05) is 13.2 Å². The molecule has 1 aliphatic carbocycles. The summed E-state index contributed by atoms with van der Waals surface area (Å²) in [5.74, 6) is -1.87. The van der Waals surface area contributed by atoms with Crippen LogP contribution in [-0.4, -0.2) is 53.5 Å². The molecule has 8 heteroatoms. The summed E-state index contributed by atoms with van der Waals surface area (Å²) in [5, 5.41) is 23.1. The van der Waals surface area contributed by atoms with Gasteiger partial charge in [0.15, 0.2) is 0 Å². The van der Waals surface area contributed by atoms with Gasteiger partial charge in [-0.25, -0.2) is 9.59 Å². The van der Waals surface area contributed by atoms with E-state index in [-0.39, 0.29) is 18.4 Å². The second kappa shape index (κ2) is 11.0. The SMILES string of the molecule is CC(C)CCC(NC(=O)OCC1c2ccccc2-c2ccccc21)C(=O)N[C@@H](CO)C(=O)O. The van der Waals surface area contributed by atoms with E-state index in [1.165, 1.54) is 0 Å². The van der Waals surface area contributed by atoms with Gasteiger partial charge in [-0.05, 0) is 41.0 Å². The highest BCUT2D eigenvalue weighted by atomic mass is 16.5. The third kappa shape index (κ3) is 5.90. The molecule has 0 spiro atoms. The highest BCUT2D eigenvalue weighted by Gasteiger charge is 2.30. The van der Waals surface area contributed by atoms with Crippen LogP contribution in [0.4, 0.5) is 4.79 Å². The number of carbonyl (C=O) groups is 3. The van der Waals surface area contributed by atoms with Gasteiger partial charge in [0.25, 0.3) is 0 Å². The Kier molecular flexibility index (Phi) is 8.06. The van der Waals surface area contributed by atoms with Crippen molar-refractivity contribution in [3.8, 4) is 11.1 Å². The lowest BCUT2D eigenvalue weighted by molar-refractivity contribution is -0.143. The Morgan fingerprint density at radius 1 is 0.909 bits per heavy atom. The van der Waals surface area contributed by atoms with E-state index in [2.05, 4.69) is 10.6 Å². The molecule has 3 rings (SSSR count). The fourth-order valence-electron chi connectivity index (χ4n) is 4.01. The van der Waals surface area contributed by atoms with E-state index in [1.807, 2.05) is 62.4 Å². The minimum atomic E-state index is -1.44. The van der Waals surface area contributed by atoms with Crippen molar-refractivity contribution in [2.24, 2.45) is 5.92 Å². The second-order valence-corrected chi connectivity index (χ2v) is 8.58. The molecule has 0 saturated carbocycles. The molecule has 2 amide bonds. The number of rotatable bonds is 10. The quantitative estimate of drug-likeness (QED) is 0.438.